The molecule has 3 heterocycles. The van der Waals surface area contributed by atoms with Crippen molar-refractivity contribution in [1.29, 1.82) is 0 Å². The predicted molar refractivity (Wildman–Crippen MR) is 122 cm³/mol. The van der Waals surface area contributed by atoms with Gasteiger partial charge in [0.15, 0.2) is 5.11 Å². The standard InChI is InChI=1S/C23H24FN5OS/c1-15-6-11-19(28(15)2)22-21(18-5-3-4-13-25-18)27-23(31)29(22)14-12-20(30)26-17-9-7-16(24)8-10-17/h3-11,13,21-22H,12,14H2,1-2H3,(H,26,30)(H,27,31)/t21-,22+/m0/s1. The molecule has 1 saturated heterocycles. The van der Waals surface area contributed by atoms with Crippen molar-refractivity contribution in [2.45, 2.75) is 25.4 Å². The van der Waals surface area contributed by atoms with Gasteiger partial charge in [-0.2, -0.15) is 0 Å². The van der Waals surface area contributed by atoms with Gasteiger partial charge in [-0.15, -0.1) is 0 Å². The van der Waals surface area contributed by atoms with E-state index in [0.717, 1.165) is 17.1 Å². The van der Waals surface area contributed by atoms with Gasteiger partial charge in [0.1, 0.15) is 5.82 Å². The highest BCUT2D eigenvalue weighted by Gasteiger charge is 2.41. The smallest absolute Gasteiger partial charge is 0.226 e. The molecular formula is C23H24FN5OS. The molecule has 2 N–H and O–H groups in total. The van der Waals surface area contributed by atoms with Gasteiger partial charge in [-0.1, -0.05) is 6.07 Å². The lowest BCUT2D eigenvalue weighted by Gasteiger charge is -2.28. The summed E-state index contributed by atoms with van der Waals surface area (Å²) in [5.41, 5.74) is 3.70. The molecule has 6 nitrogen and oxygen atoms in total. The molecule has 0 unspecified atom stereocenters. The summed E-state index contributed by atoms with van der Waals surface area (Å²) in [6.45, 7) is 2.50. The molecule has 1 aromatic carbocycles. The van der Waals surface area contributed by atoms with E-state index in [1.165, 1.54) is 12.1 Å². The first-order chi connectivity index (χ1) is 14.9. The Bertz CT molecular complexity index is 1080. The Labute approximate surface area is 186 Å². The minimum atomic E-state index is -0.340. The second kappa shape index (κ2) is 8.85. The maximum Gasteiger partial charge on any atom is 0.226 e. The SMILES string of the molecule is Cc1ccc([C@@H]2[C@H](c3ccccn3)NC(=S)N2CCC(=O)Nc2ccc(F)cc2)n1C. The Hall–Kier alpha value is -3.26. The van der Waals surface area contributed by atoms with Crippen LogP contribution in [0.15, 0.2) is 60.8 Å². The van der Waals surface area contributed by atoms with Crippen molar-refractivity contribution in [1.82, 2.24) is 19.8 Å². The first-order valence-electron chi connectivity index (χ1n) is 10.1. The minimum Gasteiger partial charge on any atom is -0.352 e. The van der Waals surface area contributed by atoms with Crippen LogP contribution in [0.25, 0.3) is 0 Å². The summed E-state index contributed by atoms with van der Waals surface area (Å²) in [4.78, 5) is 19.1. The van der Waals surface area contributed by atoms with Crippen molar-refractivity contribution in [3.63, 3.8) is 0 Å². The number of nitrogens with zero attached hydrogens (tertiary/aromatic N) is 3. The predicted octanol–water partition coefficient (Wildman–Crippen LogP) is 3.87. The third kappa shape index (κ3) is 4.44. The molecule has 31 heavy (non-hydrogen) atoms. The van der Waals surface area contributed by atoms with E-state index in [4.69, 9.17) is 12.2 Å². The molecule has 2 aromatic heterocycles. The molecule has 1 amide bonds. The molecule has 160 valence electrons. The summed E-state index contributed by atoms with van der Waals surface area (Å²) in [6.07, 6.45) is 2.01. The average molecular weight is 438 g/mol. The Morgan fingerprint density at radius 3 is 2.61 bits per heavy atom. The summed E-state index contributed by atoms with van der Waals surface area (Å²) in [5, 5.41) is 6.79. The second-order valence-corrected chi connectivity index (χ2v) is 7.97. The highest BCUT2D eigenvalue weighted by atomic mass is 32.1. The van der Waals surface area contributed by atoms with E-state index in [2.05, 4.69) is 39.2 Å². The number of anilines is 1. The van der Waals surface area contributed by atoms with E-state index < -0.39 is 0 Å². The van der Waals surface area contributed by atoms with E-state index in [1.54, 1.807) is 18.3 Å². The zero-order valence-corrected chi connectivity index (χ0v) is 18.2. The molecule has 0 saturated carbocycles. The molecule has 1 fully saturated rings. The third-order valence-electron chi connectivity index (χ3n) is 5.62. The van der Waals surface area contributed by atoms with Crippen LogP contribution < -0.4 is 10.6 Å². The number of aryl methyl sites for hydroxylation is 1. The van der Waals surface area contributed by atoms with Gasteiger partial charge in [0.25, 0.3) is 0 Å². The van der Waals surface area contributed by atoms with Gasteiger partial charge >= 0.3 is 0 Å². The van der Waals surface area contributed by atoms with Crippen LogP contribution in [0.2, 0.25) is 0 Å². The monoisotopic (exact) mass is 437 g/mol. The number of benzene rings is 1. The maximum atomic E-state index is 13.1. The van der Waals surface area contributed by atoms with Gasteiger partial charge in [0.05, 0.1) is 17.8 Å². The fourth-order valence-corrected chi connectivity index (χ4v) is 4.21. The number of amides is 1. The zero-order chi connectivity index (χ0) is 22.0. The number of hydrogen-bond acceptors (Lipinski definition) is 3. The molecule has 0 spiro atoms. The summed E-state index contributed by atoms with van der Waals surface area (Å²) < 4.78 is 15.2. The number of nitrogens with one attached hydrogen (secondary N) is 2. The highest BCUT2D eigenvalue weighted by Crippen LogP contribution is 2.38. The molecule has 4 rings (SSSR count). The number of hydrogen-bond donors (Lipinski definition) is 2. The van der Waals surface area contributed by atoms with Crippen LogP contribution in [-0.2, 0) is 11.8 Å². The van der Waals surface area contributed by atoms with Gasteiger partial charge in [-0.05, 0) is 67.7 Å². The lowest BCUT2D eigenvalue weighted by atomic mass is 10.0. The first-order valence-corrected chi connectivity index (χ1v) is 10.5. The van der Waals surface area contributed by atoms with Crippen LogP contribution in [0.5, 0.6) is 0 Å². The fraction of sp³-hybridized carbons (Fsp3) is 0.261. The minimum absolute atomic E-state index is 0.0975. The Morgan fingerprint density at radius 2 is 1.97 bits per heavy atom. The number of rotatable bonds is 6. The number of pyridine rings is 1. The summed E-state index contributed by atoms with van der Waals surface area (Å²) >= 11 is 5.65. The summed E-state index contributed by atoms with van der Waals surface area (Å²) in [6, 6.07) is 15.5. The second-order valence-electron chi connectivity index (χ2n) is 7.58. The van der Waals surface area contributed by atoms with Gasteiger partial charge in [0.2, 0.25) is 5.91 Å². The van der Waals surface area contributed by atoms with Crippen LogP contribution >= 0.6 is 12.2 Å². The lowest BCUT2D eigenvalue weighted by molar-refractivity contribution is -0.116. The molecule has 0 radical (unpaired) electrons. The quantitative estimate of drug-likeness (QED) is 0.574. The number of halogens is 1. The normalized spacial score (nSPS) is 18.2. The number of carbonyl (C=O) groups is 1. The van der Waals surface area contributed by atoms with Crippen molar-refractivity contribution < 1.29 is 9.18 Å². The molecule has 3 aromatic rings. The van der Waals surface area contributed by atoms with Crippen LogP contribution in [0.1, 0.15) is 35.6 Å². The van der Waals surface area contributed by atoms with Crippen molar-refractivity contribution in [3.05, 3.63) is 83.7 Å². The van der Waals surface area contributed by atoms with Crippen LogP contribution in [-0.4, -0.2) is 32.0 Å². The summed E-state index contributed by atoms with van der Waals surface area (Å²) in [5.74, 6) is -0.495. The van der Waals surface area contributed by atoms with Crippen molar-refractivity contribution in [2.24, 2.45) is 7.05 Å². The van der Waals surface area contributed by atoms with Crippen molar-refractivity contribution >= 4 is 28.9 Å². The molecule has 2 atom stereocenters. The van der Waals surface area contributed by atoms with E-state index in [9.17, 15) is 9.18 Å². The molecular weight excluding hydrogens is 413 g/mol. The topological polar surface area (TPSA) is 62.2 Å². The largest absolute Gasteiger partial charge is 0.352 e. The Morgan fingerprint density at radius 1 is 1.19 bits per heavy atom. The third-order valence-corrected chi connectivity index (χ3v) is 5.97. The summed E-state index contributed by atoms with van der Waals surface area (Å²) in [7, 11) is 2.03. The average Bonchev–Trinajstić information content (AvgIpc) is 3.27. The van der Waals surface area contributed by atoms with Crippen molar-refractivity contribution in [2.75, 3.05) is 11.9 Å². The first kappa shape index (κ1) is 21.0. The Kier molecular flexibility index (Phi) is 5.99. The zero-order valence-electron chi connectivity index (χ0n) is 17.4. The molecule has 0 bridgehead atoms. The lowest BCUT2D eigenvalue weighted by Crippen LogP contribution is -2.33. The van der Waals surface area contributed by atoms with E-state index in [-0.39, 0.29) is 30.2 Å². The van der Waals surface area contributed by atoms with Crippen LogP contribution in [0, 0.1) is 12.7 Å². The molecule has 1 aliphatic rings. The number of carbonyl (C=O) groups excluding carboxylic acids is 1. The maximum absolute atomic E-state index is 13.1. The molecule has 0 aliphatic carbocycles. The van der Waals surface area contributed by atoms with Gasteiger partial charge in [-0.25, -0.2) is 4.39 Å². The van der Waals surface area contributed by atoms with Crippen LogP contribution in [0.4, 0.5) is 10.1 Å². The van der Waals surface area contributed by atoms with Crippen molar-refractivity contribution in [3.8, 4) is 0 Å². The van der Waals surface area contributed by atoms with E-state index in [1.807, 2.05) is 30.1 Å². The highest BCUT2D eigenvalue weighted by molar-refractivity contribution is 7.80. The Balaban J connectivity index is 1.54. The molecule has 8 heteroatoms. The van der Waals surface area contributed by atoms with Crippen LogP contribution in [0.3, 0.4) is 0 Å². The van der Waals surface area contributed by atoms with E-state index in [0.29, 0.717) is 17.3 Å². The van der Waals surface area contributed by atoms with E-state index >= 15 is 0 Å². The molecule has 1 aliphatic heterocycles. The fourth-order valence-electron chi connectivity index (χ4n) is 3.88. The number of thiocarbonyl (C=S) groups is 1. The van der Waals surface area contributed by atoms with Gasteiger partial charge < -0.3 is 20.1 Å². The van der Waals surface area contributed by atoms with Gasteiger partial charge in [0, 0.05) is 43.3 Å². The number of aromatic nitrogens is 2. The van der Waals surface area contributed by atoms with Gasteiger partial charge in [-0.3, -0.25) is 9.78 Å².